The maximum atomic E-state index is 5.83. The molecule has 2 aromatic rings. The van der Waals surface area contributed by atoms with E-state index in [2.05, 4.69) is 66.4 Å². The number of likely N-dealkylation sites (tertiary alicyclic amines) is 1. The summed E-state index contributed by atoms with van der Waals surface area (Å²) in [5, 5.41) is 0. The van der Waals surface area contributed by atoms with Crippen LogP contribution < -0.4 is 4.74 Å². The average Bonchev–Trinajstić information content (AvgIpc) is 3.38. The van der Waals surface area contributed by atoms with Crippen molar-refractivity contribution in [2.75, 3.05) is 26.2 Å². The standard InChI is InChI=1S/C23H29NO/c1-18-7-11-22(12-8-18)25-14-13-24-16-19(17-24)9-10-21-15-23(21)20-5-3-2-4-6-20/h2-8,11-12,19,21,23H,9-10,13-17H2,1H3/t21-,23+/m1/s1. The van der Waals surface area contributed by atoms with Gasteiger partial charge in [0, 0.05) is 19.6 Å². The van der Waals surface area contributed by atoms with E-state index in [-0.39, 0.29) is 0 Å². The molecule has 2 atom stereocenters. The molecular weight excluding hydrogens is 306 g/mol. The molecule has 0 N–H and O–H groups in total. The zero-order valence-corrected chi connectivity index (χ0v) is 15.2. The second-order valence-corrected chi connectivity index (χ2v) is 7.88. The van der Waals surface area contributed by atoms with E-state index in [4.69, 9.17) is 4.74 Å². The Kier molecular flexibility index (Phi) is 5.07. The first-order valence-corrected chi connectivity index (χ1v) is 9.75. The van der Waals surface area contributed by atoms with Crippen LogP contribution in [0.1, 0.15) is 36.3 Å². The first kappa shape index (κ1) is 16.7. The molecular formula is C23H29NO. The summed E-state index contributed by atoms with van der Waals surface area (Å²) in [6.07, 6.45) is 4.23. The summed E-state index contributed by atoms with van der Waals surface area (Å²) in [5.74, 6) is 3.70. The molecule has 0 unspecified atom stereocenters. The van der Waals surface area contributed by atoms with E-state index < -0.39 is 0 Å². The van der Waals surface area contributed by atoms with Gasteiger partial charge in [-0.1, -0.05) is 48.0 Å². The molecule has 0 spiro atoms. The van der Waals surface area contributed by atoms with Crippen molar-refractivity contribution in [3.05, 3.63) is 65.7 Å². The summed E-state index contributed by atoms with van der Waals surface area (Å²) in [6.45, 7) is 6.49. The second kappa shape index (κ2) is 7.61. The fourth-order valence-electron chi connectivity index (χ4n) is 4.09. The minimum Gasteiger partial charge on any atom is -0.492 e. The fourth-order valence-corrected chi connectivity index (χ4v) is 4.09. The second-order valence-electron chi connectivity index (χ2n) is 7.88. The molecule has 2 fully saturated rings. The zero-order valence-electron chi connectivity index (χ0n) is 15.2. The van der Waals surface area contributed by atoms with Gasteiger partial charge in [0.25, 0.3) is 0 Å². The molecule has 4 rings (SSSR count). The minimum atomic E-state index is 0.800. The third-order valence-corrected chi connectivity index (χ3v) is 5.83. The molecule has 0 amide bonds. The predicted octanol–water partition coefficient (Wildman–Crippen LogP) is 4.89. The summed E-state index contributed by atoms with van der Waals surface area (Å²) in [6, 6.07) is 19.4. The summed E-state index contributed by atoms with van der Waals surface area (Å²) < 4.78 is 5.83. The molecule has 1 saturated carbocycles. The Morgan fingerprint density at radius 1 is 0.960 bits per heavy atom. The van der Waals surface area contributed by atoms with Crippen LogP contribution in [-0.2, 0) is 0 Å². The lowest BCUT2D eigenvalue weighted by Gasteiger charge is -2.39. The summed E-state index contributed by atoms with van der Waals surface area (Å²) in [7, 11) is 0. The molecule has 0 radical (unpaired) electrons. The predicted molar refractivity (Wildman–Crippen MR) is 103 cm³/mol. The first-order chi connectivity index (χ1) is 12.3. The zero-order chi connectivity index (χ0) is 17.1. The van der Waals surface area contributed by atoms with Crippen molar-refractivity contribution in [2.45, 2.75) is 32.1 Å². The number of benzene rings is 2. The highest BCUT2D eigenvalue weighted by molar-refractivity contribution is 5.26. The molecule has 2 nitrogen and oxygen atoms in total. The number of hydrogen-bond acceptors (Lipinski definition) is 2. The van der Waals surface area contributed by atoms with Gasteiger partial charge in [-0.15, -0.1) is 0 Å². The van der Waals surface area contributed by atoms with E-state index in [1.807, 2.05) is 0 Å². The summed E-state index contributed by atoms with van der Waals surface area (Å²) in [5.41, 5.74) is 2.83. The van der Waals surface area contributed by atoms with Crippen LogP contribution in [0.5, 0.6) is 5.75 Å². The van der Waals surface area contributed by atoms with Crippen molar-refractivity contribution in [3.8, 4) is 5.75 Å². The number of ether oxygens (including phenoxy) is 1. The Balaban J connectivity index is 1.08. The lowest BCUT2D eigenvalue weighted by Crippen LogP contribution is -2.48. The molecule has 0 bridgehead atoms. The van der Waals surface area contributed by atoms with Crippen LogP contribution in [0.3, 0.4) is 0 Å². The van der Waals surface area contributed by atoms with E-state index in [9.17, 15) is 0 Å². The normalized spacial score (nSPS) is 23.2. The van der Waals surface area contributed by atoms with Gasteiger partial charge in [0.15, 0.2) is 0 Å². The van der Waals surface area contributed by atoms with Crippen LogP contribution in [0.2, 0.25) is 0 Å². The van der Waals surface area contributed by atoms with Crippen molar-refractivity contribution < 1.29 is 4.74 Å². The third kappa shape index (κ3) is 4.43. The van der Waals surface area contributed by atoms with Gasteiger partial charge in [-0.2, -0.15) is 0 Å². The Bertz CT molecular complexity index is 660. The molecule has 0 aromatic heterocycles. The minimum absolute atomic E-state index is 0.800. The van der Waals surface area contributed by atoms with Gasteiger partial charge in [0.05, 0.1) is 0 Å². The topological polar surface area (TPSA) is 12.5 Å². The largest absolute Gasteiger partial charge is 0.492 e. The smallest absolute Gasteiger partial charge is 0.119 e. The summed E-state index contributed by atoms with van der Waals surface area (Å²) >= 11 is 0. The molecule has 1 aliphatic carbocycles. The Morgan fingerprint density at radius 2 is 1.72 bits per heavy atom. The van der Waals surface area contributed by atoms with Gasteiger partial charge in [-0.3, -0.25) is 4.90 Å². The van der Waals surface area contributed by atoms with Crippen molar-refractivity contribution in [1.29, 1.82) is 0 Å². The van der Waals surface area contributed by atoms with E-state index in [1.165, 1.54) is 37.9 Å². The van der Waals surface area contributed by atoms with E-state index in [1.54, 1.807) is 5.56 Å². The van der Waals surface area contributed by atoms with E-state index in [0.717, 1.165) is 36.7 Å². The Labute approximate surface area is 151 Å². The highest BCUT2D eigenvalue weighted by atomic mass is 16.5. The highest BCUT2D eigenvalue weighted by Crippen LogP contribution is 2.50. The average molecular weight is 335 g/mol. The lowest BCUT2D eigenvalue weighted by molar-refractivity contribution is 0.0754. The maximum Gasteiger partial charge on any atom is 0.119 e. The quantitative estimate of drug-likeness (QED) is 0.681. The molecule has 1 saturated heterocycles. The molecule has 2 aromatic carbocycles. The van der Waals surface area contributed by atoms with Crippen molar-refractivity contribution >= 4 is 0 Å². The van der Waals surface area contributed by atoms with E-state index >= 15 is 0 Å². The lowest BCUT2D eigenvalue weighted by atomic mass is 9.93. The first-order valence-electron chi connectivity index (χ1n) is 9.75. The molecule has 25 heavy (non-hydrogen) atoms. The van der Waals surface area contributed by atoms with Gasteiger partial charge in [-0.25, -0.2) is 0 Å². The van der Waals surface area contributed by atoms with Crippen molar-refractivity contribution in [3.63, 3.8) is 0 Å². The van der Waals surface area contributed by atoms with Gasteiger partial charge in [-0.05, 0) is 61.6 Å². The van der Waals surface area contributed by atoms with Crippen molar-refractivity contribution in [1.82, 2.24) is 4.90 Å². The van der Waals surface area contributed by atoms with Crippen LogP contribution >= 0.6 is 0 Å². The van der Waals surface area contributed by atoms with Gasteiger partial charge in [0.1, 0.15) is 12.4 Å². The SMILES string of the molecule is Cc1ccc(OCCN2CC(CC[C@@H]3C[C@H]3c3ccccc3)C2)cc1. The van der Waals surface area contributed by atoms with Crippen LogP contribution in [0, 0.1) is 18.8 Å². The van der Waals surface area contributed by atoms with Crippen LogP contribution in [-0.4, -0.2) is 31.1 Å². The number of aryl methyl sites for hydroxylation is 1. The maximum absolute atomic E-state index is 5.83. The van der Waals surface area contributed by atoms with Crippen molar-refractivity contribution in [2.24, 2.45) is 11.8 Å². The highest BCUT2D eigenvalue weighted by Gasteiger charge is 2.38. The van der Waals surface area contributed by atoms with Crippen LogP contribution in [0.25, 0.3) is 0 Å². The summed E-state index contributed by atoms with van der Waals surface area (Å²) in [4.78, 5) is 2.53. The monoisotopic (exact) mass is 335 g/mol. The number of rotatable bonds is 8. The van der Waals surface area contributed by atoms with Gasteiger partial charge < -0.3 is 4.74 Å². The third-order valence-electron chi connectivity index (χ3n) is 5.83. The molecule has 2 heteroatoms. The Morgan fingerprint density at radius 3 is 2.48 bits per heavy atom. The fraction of sp³-hybridized carbons (Fsp3) is 0.478. The van der Waals surface area contributed by atoms with Gasteiger partial charge in [0.2, 0.25) is 0 Å². The Hall–Kier alpha value is -1.80. The van der Waals surface area contributed by atoms with E-state index in [0.29, 0.717) is 0 Å². The molecule has 1 heterocycles. The van der Waals surface area contributed by atoms with Crippen LogP contribution in [0.15, 0.2) is 54.6 Å². The molecule has 1 aliphatic heterocycles. The van der Waals surface area contributed by atoms with Crippen LogP contribution in [0.4, 0.5) is 0 Å². The molecule has 2 aliphatic rings. The van der Waals surface area contributed by atoms with Gasteiger partial charge >= 0.3 is 0 Å². The molecule has 132 valence electrons. The number of nitrogens with zero attached hydrogens (tertiary/aromatic N) is 1. The number of hydrogen-bond donors (Lipinski definition) is 0.